The molecule has 0 aliphatic carbocycles. The molecule has 0 saturated carbocycles. The molecule has 37 valence electrons. The van der Waals surface area contributed by atoms with E-state index in [1.54, 1.807) is 0 Å². The molecule has 0 aliphatic heterocycles. The van der Waals surface area contributed by atoms with Gasteiger partial charge in [0.1, 0.15) is 0 Å². The summed E-state index contributed by atoms with van der Waals surface area (Å²) in [7, 11) is 0. The van der Waals surface area contributed by atoms with E-state index in [0.29, 0.717) is 0 Å². The Morgan fingerprint density at radius 2 is 0.667 bits per heavy atom. The minimum Gasteiger partial charge on any atom is -2.00 e. The van der Waals surface area contributed by atoms with Gasteiger partial charge < -0.3 is 21.9 Å². The van der Waals surface area contributed by atoms with E-state index in [4.69, 9.17) is 0 Å². The van der Waals surface area contributed by atoms with Crippen molar-refractivity contribution in [3.8, 4) is 0 Å². The minimum absolute atomic E-state index is 0. The molecule has 4 nitrogen and oxygen atoms in total. The van der Waals surface area contributed by atoms with Crippen LogP contribution >= 0.6 is 0 Å². The molecule has 2 N–H and O–H groups in total. The molecule has 0 rings (SSSR count). The predicted molar refractivity (Wildman–Crippen MR) is 5.67 cm³/mol. The number of rotatable bonds is 0. The van der Waals surface area contributed by atoms with Crippen LogP contribution in [0.4, 0.5) is 0 Å². The Kier molecular flexibility index (Phi) is 3390. The van der Waals surface area contributed by atoms with Crippen molar-refractivity contribution in [2.45, 2.75) is 0 Å². The van der Waals surface area contributed by atoms with Crippen molar-refractivity contribution in [3.05, 3.63) is 0 Å². The van der Waals surface area contributed by atoms with Gasteiger partial charge in [0.05, 0.1) is 0 Å². The zero-order chi connectivity index (χ0) is 0. The maximum Gasteiger partial charge on any atom is 4.00 e. The average Bonchev–Trinajstić information content (AvgIpc) is 0. The molecule has 6 heavy (non-hydrogen) atoms. The van der Waals surface area contributed by atoms with E-state index in [9.17, 15) is 0 Å². The first-order valence-corrected chi connectivity index (χ1v) is 0. The normalized spacial score (nSPS) is 0. The third-order valence-electron chi connectivity index (χ3n) is 0. The van der Waals surface area contributed by atoms with Crippen molar-refractivity contribution in [1.29, 1.82) is 0 Å². The topological polar surface area (TPSA) is 117 Å². The van der Waals surface area contributed by atoms with Gasteiger partial charge in [-0.2, -0.15) is 0 Å². The number of hydrogen-bond acceptors (Lipinski definition) is 0. The molecule has 0 bridgehead atoms. The van der Waals surface area contributed by atoms with Gasteiger partial charge in [-0.3, -0.25) is 0 Å². The van der Waals surface area contributed by atoms with E-state index in [2.05, 4.69) is 0 Å². The van der Waals surface area contributed by atoms with E-state index in [0.717, 1.165) is 0 Å². The SMILES string of the molecule is O.[Mn+2].[O-2].[O-2].[O-2].[Zr+4]. The Morgan fingerprint density at radius 1 is 0.667 bits per heavy atom. The maximum absolute atomic E-state index is 0. The zero-order valence-corrected chi connectivity index (χ0v) is 6.24. The molecule has 0 aromatic heterocycles. The summed E-state index contributed by atoms with van der Waals surface area (Å²) in [5, 5.41) is 0. The molecule has 0 heterocycles. The van der Waals surface area contributed by atoms with Crippen LogP contribution in [0.3, 0.4) is 0 Å². The summed E-state index contributed by atoms with van der Waals surface area (Å²) in [5.41, 5.74) is 0. The Bertz CT molecular complexity index is 7.51. The van der Waals surface area contributed by atoms with Crippen molar-refractivity contribution < 1.29 is 65.2 Å². The summed E-state index contributed by atoms with van der Waals surface area (Å²) < 4.78 is 0. The number of hydrogen-bond donors (Lipinski definition) is 0. The summed E-state index contributed by atoms with van der Waals surface area (Å²) >= 11 is 0. The first kappa shape index (κ1) is 183. The minimum atomic E-state index is 0. The van der Waals surface area contributed by atoms with Gasteiger partial charge in [0.25, 0.3) is 0 Å². The fourth-order valence-electron chi connectivity index (χ4n) is 0. The largest absolute Gasteiger partial charge is 4.00 e. The quantitative estimate of drug-likeness (QED) is 0.449. The van der Waals surface area contributed by atoms with Crippen molar-refractivity contribution in [3.63, 3.8) is 0 Å². The van der Waals surface area contributed by atoms with Gasteiger partial charge in [0.2, 0.25) is 0 Å². The maximum atomic E-state index is 0. The van der Waals surface area contributed by atoms with Gasteiger partial charge in [-0.1, -0.05) is 0 Å². The molecule has 0 fully saturated rings. The summed E-state index contributed by atoms with van der Waals surface area (Å²) in [6.45, 7) is 0. The zero-order valence-electron chi connectivity index (χ0n) is 2.60. The Balaban J connectivity index is 0. The van der Waals surface area contributed by atoms with Crippen molar-refractivity contribution in [2.24, 2.45) is 0 Å². The third-order valence-corrected chi connectivity index (χ3v) is 0. The van der Waals surface area contributed by atoms with E-state index in [-0.39, 0.29) is 65.2 Å². The van der Waals surface area contributed by atoms with Crippen molar-refractivity contribution in [2.75, 3.05) is 0 Å². The van der Waals surface area contributed by atoms with Crippen LogP contribution in [-0.4, -0.2) is 5.48 Å². The molecule has 6 heteroatoms. The fourth-order valence-corrected chi connectivity index (χ4v) is 0. The summed E-state index contributed by atoms with van der Waals surface area (Å²) in [6.07, 6.45) is 0. The Hall–Kier alpha value is 1.24. The van der Waals surface area contributed by atoms with Crippen LogP contribution in [0.25, 0.3) is 0 Å². The van der Waals surface area contributed by atoms with Crippen molar-refractivity contribution >= 4 is 0 Å². The second-order valence-electron chi connectivity index (χ2n) is 0. The molecule has 0 aliphatic rings. The molecule has 0 aromatic carbocycles. The summed E-state index contributed by atoms with van der Waals surface area (Å²) in [4.78, 5) is 0. The van der Waals surface area contributed by atoms with Crippen LogP contribution in [0.1, 0.15) is 0 Å². The van der Waals surface area contributed by atoms with Crippen molar-refractivity contribution in [1.82, 2.24) is 0 Å². The van der Waals surface area contributed by atoms with Gasteiger partial charge in [-0.25, -0.2) is 0 Å². The van der Waals surface area contributed by atoms with Crippen LogP contribution in [0.15, 0.2) is 0 Å². The second kappa shape index (κ2) is 111. The molecular formula is H2MnO4Zr. The molecule has 0 unspecified atom stereocenters. The standard InChI is InChI=1S/Mn.H2O.3O.Zr/h;1H2;;;;/q+2;;3*-2;+4. The predicted octanol–water partition coefficient (Wildman–Crippen LogP) is -1.19. The Morgan fingerprint density at radius 3 is 0.667 bits per heavy atom. The van der Waals surface area contributed by atoms with Crippen LogP contribution in [0.2, 0.25) is 0 Å². The van der Waals surface area contributed by atoms with E-state index in [1.165, 1.54) is 0 Å². The molecule has 0 atom stereocenters. The molecular weight excluding hydrogens is 210 g/mol. The summed E-state index contributed by atoms with van der Waals surface area (Å²) in [5.74, 6) is 0. The Labute approximate surface area is 65.1 Å². The monoisotopic (exact) mass is 211 g/mol. The average molecular weight is 212 g/mol. The molecule has 0 aromatic rings. The molecule has 0 saturated heterocycles. The van der Waals surface area contributed by atoms with Crippen LogP contribution in [-0.2, 0) is 59.7 Å². The second-order valence-corrected chi connectivity index (χ2v) is 0. The van der Waals surface area contributed by atoms with Gasteiger partial charge in [-0.15, -0.1) is 0 Å². The smallest absolute Gasteiger partial charge is 2.00 e. The van der Waals surface area contributed by atoms with E-state index < -0.39 is 0 Å². The fraction of sp³-hybridized carbons (Fsp3) is 0. The van der Waals surface area contributed by atoms with Gasteiger partial charge in [-0.05, 0) is 0 Å². The first-order chi connectivity index (χ1) is 0. The van der Waals surface area contributed by atoms with Gasteiger partial charge in [0, 0.05) is 0 Å². The molecule has 1 radical (unpaired) electrons. The van der Waals surface area contributed by atoms with Crippen LogP contribution in [0.5, 0.6) is 0 Å². The summed E-state index contributed by atoms with van der Waals surface area (Å²) in [6, 6.07) is 0. The van der Waals surface area contributed by atoms with Crippen LogP contribution < -0.4 is 0 Å². The van der Waals surface area contributed by atoms with Gasteiger partial charge >= 0.3 is 43.3 Å². The van der Waals surface area contributed by atoms with Gasteiger partial charge in [0.15, 0.2) is 0 Å². The first-order valence-electron chi connectivity index (χ1n) is 0. The van der Waals surface area contributed by atoms with Crippen LogP contribution in [0, 0.1) is 0 Å². The molecule has 0 amide bonds. The molecule has 0 spiro atoms. The third kappa shape index (κ3) is 61.1. The van der Waals surface area contributed by atoms with E-state index in [1.807, 2.05) is 0 Å². The van der Waals surface area contributed by atoms with E-state index >= 15 is 0 Å².